The molecule has 2 fully saturated rings. The highest BCUT2D eigenvalue weighted by Gasteiger charge is 2.32. The van der Waals surface area contributed by atoms with Crippen molar-refractivity contribution in [1.82, 2.24) is 20.1 Å². The molecule has 1 amide bonds. The molecule has 2 aliphatic heterocycles. The predicted octanol–water partition coefficient (Wildman–Crippen LogP) is 2.92. The standard InChI is InChI=1S/C22H36N4O/c1-22(2,3)17-25-12-8-20(9-13-25)26-11-5-7-19(16-26)21(27)24-15-18-6-4-10-23-14-18/h4,6,10,14,19-20H,5,7-9,11-13,15-17H2,1-3H3,(H,24,27)/t19-/m0/s1. The third-order valence-corrected chi connectivity index (χ3v) is 5.78. The summed E-state index contributed by atoms with van der Waals surface area (Å²) in [5.41, 5.74) is 1.43. The third kappa shape index (κ3) is 6.28. The van der Waals surface area contributed by atoms with E-state index in [1.54, 1.807) is 6.20 Å². The quantitative estimate of drug-likeness (QED) is 0.863. The summed E-state index contributed by atoms with van der Waals surface area (Å²) in [6.07, 6.45) is 8.20. The summed E-state index contributed by atoms with van der Waals surface area (Å²) >= 11 is 0. The minimum atomic E-state index is 0.128. The maximum absolute atomic E-state index is 12.6. The highest BCUT2D eigenvalue weighted by Crippen LogP contribution is 2.25. The fraction of sp³-hybridized carbons (Fsp3) is 0.727. The van der Waals surface area contributed by atoms with Gasteiger partial charge < -0.3 is 10.2 Å². The molecule has 0 radical (unpaired) electrons. The van der Waals surface area contributed by atoms with Crippen LogP contribution in [0.15, 0.2) is 24.5 Å². The molecule has 2 saturated heterocycles. The van der Waals surface area contributed by atoms with Gasteiger partial charge in [0.05, 0.1) is 5.92 Å². The number of hydrogen-bond donors (Lipinski definition) is 1. The van der Waals surface area contributed by atoms with E-state index in [4.69, 9.17) is 0 Å². The number of hydrogen-bond acceptors (Lipinski definition) is 4. The van der Waals surface area contributed by atoms with Crippen molar-refractivity contribution in [2.45, 2.75) is 59.0 Å². The second kappa shape index (κ2) is 9.16. The van der Waals surface area contributed by atoms with Crippen molar-refractivity contribution < 1.29 is 4.79 Å². The first-order chi connectivity index (χ1) is 12.9. The van der Waals surface area contributed by atoms with Crippen molar-refractivity contribution in [2.24, 2.45) is 11.3 Å². The molecular weight excluding hydrogens is 336 g/mol. The van der Waals surface area contributed by atoms with E-state index in [2.05, 4.69) is 40.9 Å². The Bertz CT molecular complexity index is 590. The Morgan fingerprint density at radius 3 is 2.67 bits per heavy atom. The molecule has 5 nitrogen and oxygen atoms in total. The van der Waals surface area contributed by atoms with Crippen LogP contribution in [0.5, 0.6) is 0 Å². The summed E-state index contributed by atoms with van der Waals surface area (Å²) in [6, 6.07) is 4.57. The van der Waals surface area contributed by atoms with Gasteiger partial charge in [0.15, 0.2) is 0 Å². The van der Waals surface area contributed by atoms with Gasteiger partial charge in [-0.3, -0.25) is 14.7 Å². The zero-order chi connectivity index (χ0) is 19.3. The molecule has 0 aliphatic carbocycles. The van der Waals surface area contributed by atoms with Crippen LogP contribution in [-0.4, -0.2) is 59.5 Å². The molecule has 0 spiro atoms. The third-order valence-electron chi connectivity index (χ3n) is 5.78. The largest absolute Gasteiger partial charge is 0.352 e. The van der Waals surface area contributed by atoms with E-state index >= 15 is 0 Å². The van der Waals surface area contributed by atoms with Crippen molar-refractivity contribution in [2.75, 3.05) is 32.7 Å². The molecular formula is C22H36N4O. The Morgan fingerprint density at radius 1 is 1.22 bits per heavy atom. The highest BCUT2D eigenvalue weighted by molar-refractivity contribution is 5.78. The minimum absolute atomic E-state index is 0.128. The van der Waals surface area contributed by atoms with Crippen LogP contribution < -0.4 is 5.32 Å². The van der Waals surface area contributed by atoms with Crippen LogP contribution in [0.4, 0.5) is 0 Å². The lowest BCUT2D eigenvalue weighted by Gasteiger charge is -2.43. The lowest BCUT2D eigenvalue weighted by Crippen LogP contribution is -2.51. The van der Waals surface area contributed by atoms with Gasteiger partial charge in [0.2, 0.25) is 5.91 Å². The molecule has 1 N–H and O–H groups in total. The first kappa shape index (κ1) is 20.3. The van der Waals surface area contributed by atoms with E-state index in [9.17, 15) is 4.79 Å². The lowest BCUT2D eigenvalue weighted by molar-refractivity contribution is -0.127. The zero-order valence-corrected chi connectivity index (χ0v) is 17.3. The second-order valence-corrected chi connectivity index (χ2v) is 9.48. The highest BCUT2D eigenvalue weighted by atomic mass is 16.1. The van der Waals surface area contributed by atoms with E-state index in [1.165, 1.54) is 32.5 Å². The molecule has 27 heavy (non-hydrogen) atoms. The van der Waals surface area contributed by atoms with Gasteiger partial charge in [-0.15, -0.1) is 0 Å². The summed E-state index contributed by atoms with van der Waals surface area (Å²) < 4.78 is 0. The number of nitrogens with zero attached hydrogens (tertiary/aromatic N) is 3. The van der Waals surface area contributed by atoms with Crippen LogP contribution in [0.25, 0.3) is 0 Å². The number of nitrogens with one attached hydrogen (secondary N) is 1. The van der Waals surface area contributed by atoms with E-state index in [0.29, 0.717) is 18.0 Å². The van der Waals surface area contributed by atoms with Crippen LogP contribution >= 0.6 is 0 Å². The van der Waals surface area contributed by atoms with E-state index in [1.807, 2.05) is 18.3 Å². The van der Waals surface area contributed by atoms with E-state index in [0.717, 1.165) is 31.5 Å². The maximum Gasteiger partial charge on any atom is 0.224 e. The summed E-state index contributed by atoms with van der Waals surface area (Å²) in [5, 5.41) is 3.11. The molecule has 0 saturated carbocycles. The van der Waals surface area contributed by atoms with E-state index in [-0.39, 0.29) is 11.8 Å². The first-order valence-electron chi connectivity index (χ1n) is 10.5. The number of likely N-dealkylation sites (tertiary alicyclic amines) is 2. The molecule has 0 aromatic carbocycles. The average Bonchev–Trinajstić information content (AvgIpc) is 2.66. The fourth-order valence-corrected chi connectivity index (χ4v) is 4.50. The number of carbonyl (C=O) groups excluding carboxylic acids is 1. The summed E-state index contributed by atoms with van der Waals surface area (Å²) in [4.78, 5) is 22.0. The van der Waals surface area contributed by atoms with Crippen LogP contribution in [0.3, 0.4) is 0 Å². The molecule has 1 aromatic heterocycles. The predicted molar refractivity (Wildman–Crippen MR) is 109 cm³/mol. The Kier molecular flexibility index (Phi) is 6.88. The first-order valence-corrected chi connectivity index (χ1v) is 10.5. The SMILES string of the molecule is CC(C)(C)CN1CCC(N2CCC[C@H](C(=O)NCc3cccnc3)C2)CC1. The van der Waals surface area contributed by atoms with E-state index < -0.39 is 0 Å². The topological polar surface area (TPSA) is 48.5 Å². The molecule has 2 aliphatic rings. The summed E-state index contributed by atoms with van der Waals surface area (Å²) in [7, 11) is 0. The fourth-order valence-electron chi connectivity index (χ4n) is 4.50. The number of aromatic nitrogens is 1. The number of rotatable bonds is 5. The molecule has 0 bridgehead atoms. The van der Waals surface area contributed by atoms with Crippen LogP contribution in [0.1, 0.15) is 52.0 Å². The Labute approximate surface area is 164 Å². The Balaban J connectivity index is 1.44. The molecule has 150 valence electrons. The monoisotopic (exact) mass is 372 g/mol. The molecule has 3 rings (SSSR count). The van der Waals surface area contributed by atoms with Gasteiger partial charge >= 0.3 is 0 Å². The van der Waals surface area contributed by atoms with Gasteiger partial charge in [0, 0.05) is 38.1 Å². The van der Waals surface area contributed by atoms with Gasteiger partial charge in [-0.25, -0.2) is 0 Å². The van der Waals surface area contributed by atoms with Gasteiger partial charge in [-0.2, -0.15) is 0 Å². The number of piperidine rings is 2. The summed E-state index contributed by atoms with van der Waals surface area (Å²) in [6.45, 7) is 13.2. The molecule has 5 heteroatoms. The number of amides is 1. The second-order valence-electron chi connectivity index (χ2n) is 9.48. The molecule has 1 atom stereocenters. The average molecular weight is 373 g/mol. The Morgan fingerprint density at radius 2 is 2.00 bits per heavy atom. The van der Waals surface area contributed by atoms with Crippen molar-refractivity contribution in [3.8, 4) is 0 Å². The molecule has 1 aromatic rings. The van der Waals surface area contributed by atoms with Gasteiger partial charge in [0.1, 0.15) is 0 Å². The smallest absolute Gasteiger partial charge is 0.224 e. The van der Waals surface area contributed by atoms with Crippen LogP contribution in [0, 0.1) is 11.3 Å². The van der Waals surface area contributed by atoms with Crippen molar-refractivity contribution >= 4 is 5.91 Å². The lowest BCUT2D eigenvalue weighted by atomic mass is 9.91. The van der Waals surface area contributed by atoms with Gasteiger partial charge in [-0.05, 0) is 62.4 Å². The van der Waals surface area contributed by atoms with Crippen molar-refractivity contribution in [1.29, 1.82) is 0 Å². The van der Waals surface area contributed by atoms with Crippen LogP contribution in [-0.2, 0) is 11.3 Å². The van der Waals surface area contributed by atoms with Crippen LogP contribution in [0.2, 0.25) is 0 Å². The molecule has 3 heterocycles. The maximum atomic E-state index is 12.6. The van der Waals surface area contributed by atoms with Gasteiger partial charge in [-0.1, -0.05) is 26.8 Å². The van der Waals surface area contributed by atoms with Crippen molar-refractivity contribution in [3.05, 3.63) is 30.1 Å². The number of carbonyl (C=O) groups is 1. The minimum Gasteiger partial charge on any atom is -0.352 e. The number of pyridine rings is 1. The van der Waals surface area contributed by atoms with Crippen molar-refractivity contribution in [3.63, 3.8) is 0 Å². The van der Waals surface area contributed by atoms with Gasteiger partial charge in [0.25, 0.3) is 0 Å². The molecule has 0 unspecified atom stereocenters. The normalized spacial score (nSPS) is 23.3. The summed E-state index contributed by atoms with van der Waals surface area (Å²) in [5.74, 6) is 0.330. The zero-order valence-electron chi connectivity index (χ0n) is 17.3. The Hall–Kier alpha value is -1.46.